The maximum atomic E-state index is 5.21. The molecule has 1 aromatic rings. The van der Waals surface area contributed by atoms with Gasteiger partial charge in [0.05, 0.1) is 7.11 Å². The van der Waals surface area contributed by atoms with Crippen molar-refractivity contribution in [1.82, 2.24) is 0 Å². The Balaban J connectivity index is 0.00000225. The van der Waals surface area contributed by atoms with E-state index in [9.17, 15) is 0 Å². The summed E-state index contributed by atoms with van der Waals surface area (Å²) in [5.74, 6) is 1.84. The smallest absolute Gasteiger partial charge is 0.119 e. The fourth-order valence-corrected chi connectivity index (χ4v) is 1.90. The largest absolute Gasteiger partial charge is 0.497 e. The molecule has 0 aliphatic heterocycles. The summed E-state index contributed by atoms with van der Waals surface area (Å²) in [5.41, 5.74) is 1.39. The Morgan fingerprint density at radius 3 is 2.44 bits per heavy atom. The maximum Gasteiger partial charge on any atom is 0.119 e. The molecule has 1 heteroatoms. The molecule has 0 fully saturated rings. The molecule has 0 saturated carbocycles. The third-order valence-electron chi connectivity index (χ3n) is 3.13. The van der Waals surface area contributed by atoms with Gasteiger partial charge in [0.25, 0.3) is 0 Å². The molecule has 16 heavy (non-hydrogen) atoms. The zero-order valence-electron chi connectivity index (χ0n) is 10.1. The molecule has 1 rings (SSSR count). The molecule has 1 aromatic carbocycles. The van der Waals surface area contributed by atoms with Gasteiger partial charge in [-0.3, -0.25) is 0 Å². The first-order valence-corrected chi connectivity index (χ1v) is 5.93. The number of aryl methyl sites for hydroxylation is 1. The van der Waals surface area contributed by atoms with E-state index in [1.807, 2.05) is 6.07 Å². The van der Waals surface area contributed by atoms with Crippen LogP contribution in [0.2, 0.25) is 0 Å². The summed E-state index contributed by atoms with van der Waals surface area (Å²) in [4.78, 5) is 0. The highest BCUT2D eigenvalue weighted by Crippen LogP contribution is 2.19. The number of rotatable bonds is 6. The molecule has 1 nitrogen and oxygen atoms in total. The van der Waals surface area contributed by atoms with Crippen molar-refractivity contribution in [3.8, 4) is 5.75 Å². The Morgan fingerprint density at radius 1 is 1.19 bits per heavy atom. The molecule has 0 amide bonds. The molecule has 0 heterocycles. The normalized spacial score (nSPS) is 10.0. The van der Waals surface area contributed by atoms with Gasteiger partial charge in [-0.2, -0.15) is 0 Å². The van der Waals surface area contributed by atoms with Gasteiger partial charge in [0, 0.05) is 0 Å². The lowest BCUT2D eigenvalue weighted by Crippen LogP contribution is -1.99. The average molecular weight is 222 g/mol. The summed E-state index contributed by atoms with van der Waals surface area (Å²) in [6.45, 7) is 4.56. The Bertz CT molecular complexity index is 277. The number of methoxy groups -OCH3 is 1. The van der Waals surface area contributed by atoms with Crippen LogP contribution in [0, 0.1) is 5.92 Å². The van der Waals surface area contributed by atoms with Crippen LogP contribution >= 0.6 is 0 Å². The zero-order valence-corrected chi connectivity index (χ0v) is 10.1. The van der Waals surface area contributed by atoms with Gasteiger partial charge in [-0.25, -0.2) is 0 Å². The van der Waals surface area contributed by atoms with Gasteiger partial charge < -0.3 is 4.74 Å². The molecule has 92 valence electrons. The molecule has 0 bridgehead atoms. The van der Waals surface area contributed by atoms with Crippen LogP contribution in [-0.4, -0.2) is 7.11 Å². The van der Waals surface area contributed by atoms with Crippen molar-refractivity contribution in [2.45, 2.75) is 47.0 Å². The van der Waals surface area contributed by atoms with Gasteiger partial charge in [0.1, 0.15) is 5.75 Å². The minimum absolute atomic E-state index is 0. The quantitative estimate of drug-likeness (QED) is 0.678. The number of hydrogen-bond donors (Lipinski definition) is 0. The lowest BCUT2D eigenvalue weighted by atomic mass is 9.95. The molecule has 0 saturated heterocycles. The van der Waals surface area contributed by atoms with Crippen LogP contribution in [-0.2, 0) is 6.42 Å². The minimum atomic E-state index is 0. The predicted molar refractivity (Wildman–Crippen MR) is 72.1 cm³/mol. The fraction of sp³-hybridized carbons (Fsp3) is 0.600. The standard InChI is InChI=1S/C14H22O.CH4/c1-4-12(5-2)9-10-13-7-6-8-14(11-13)15-3;/h6-8,11-12H,4-5,9-10H2,1-3H3;1H4. The summed E-state index contributed by atoms with van der Waals surface area (Å²) in [6, 6.07) is 8.40. The lowest BCUT2D eigenvalue weighted by molar-refractivity contribution is 0.413. The van der Waals surface area contributed by atoms with E-state index in [0.29, 0.717) is 0 Å². The van der Waals surface area contributed by atoms with Gasteiger partial charge in [-0.05, 0) is 36.5 Å². The van der Waals surface area contributed by atoms with Crippen molar-refractivity contribution in [3.05, 3.63) is 29.8 Å². The first kappa shape index (κ1) is 15.0. The SMILES string of the molecule is C.CCC(CC)CCc1cccc(OC)c1. The van der Waals surface area contributed by atoms with E-state index < -0.39 is 0 Å². The number of hydrogen-bond acceptors (Lipinski definition) is 1. The van der Waals surface area contributed by atoms with Crippen molar-refractivity contribution in [1.29, 1.82) is 0 Å². The second kappa shape index (κ2) is 8.20. The van der Waals surface area contributed by atoms with Crippen LogP contribution in [0.4, 0.5) is 0 Å². The highest BCUT2D eigenvalue weighted by Gasteiger charge is 2.04. The Hall–Kier alpha value is -0.980. The van der Waals surface area contributed by atoms with Crippen LogP contribution in [0.1, 0.15) is 46.1 Å². The van der Waals surface area contributed by atoms with E-state index in [2.05, 4.69) is 32.0 Å². The van der Waals surface area contributed by atoms with E-state index in [4.69, 9.17) is 4.74 Å². The highest BCUT2D eigenvalue weighted by molar-refractivity contribution is 5.28. The minimum Gasteiger partial charge on any atom is -0.497 e. The maximum absolute atomic E-state index is 5.21. The van der Waals surface area contributed by atoms with Gasteiger partial charge in [-0.15, -0.1) is 0 Å². The van der Waals surface area contributed by atoms with E-state index >= 15 is 0 Å². The monoisotopic (exact) mass is 222 g/mol. The van der Waals surface area contributed by atoms with E-state index in [0.717, 1.165) is 11.7 Å². The molecule has 0 atom stereocenters. The lowest BCUT2D eigenvalue weighted by Gasteiger charge is -2.12. The molecule has 0 aromatic heterocycles. The van der Waals surface area contributed by atoms with Crippen molar-refractivity contribution in [3.63, 3.8) is 0 Å². The third-order valence-corrected chi connectivity index (χ3v) is 3.13. The number of ether oxygens (including phenoxy) is 1. The molecule has 0 unspecified atom stereocenters. The summed E-state index contributed by atoms with van der Waals surface area (Å²) in [6.07, 6.45) is 5.05. The van der Waals surface area contributed by atoms with Crippen molar-refractivity contribution < 1.29 is 4.74 Å². The van der Waals surface area contributed by atoms with Gasteiger partial charge in [-0.1, -0.05) is 46.2 Å². The van der Waals surface area contributed by atoms with Crippen molar-refractivity contribution >= 4 is 0 Å². The number of benzene rings is 1. The molecule has 0 radical (unpaired) electrons. The Morgan fingerprint density at radius 2 is 1.88 bits per heavy atom. The summed E-state index contributed by atoms with van der Waals surface area (Å²) < 4.78 is 5.21. The summed E-state index contributed by atoms with van der Waals surface area (Å²) in [5, 5.41) is 0. The van der Waals surface area contributed by atoms with Gasteiger partial charge in [0.2, 0.25) is 0 Å². The van der Waals surface area contributed by atoms with Gasteiger partial charge in [0.15, 0.2) is 0 Å². The molecule has 0 aliphatic carbocycles. The second-order valence-electron chi connectivity index (χ2n) is 4.07. The topological polar surface area (TPSA) is 9.23 Å². The van der Waals surface area contributed by atoms with Crippen LogP contribution in [0.5, 0.6) is 5.75 Å². The summed E-state index contributed by atoms with van der Waals surface area (Å²) >= 11 is 0. The highest BCUT2D eigenvalue weighted by atomic mass is 16.5. The van der Waals surface area contributed by atoms with Gasteiger partial charge >= 0.3 is 0 Å². The molecular weight excluding hydrogens is 196 g/mol. The molecule has 0 spiro atoms. The average Bonchev–Trinajstić information content (AvgIpc) is 2.31. The fourth-order valence-electron chi connectivity index (χ4n) is 1.90. The first-order valence-electron chi connectivity index (χ1n) is 5.93. The van der Waals surface area contributed by atoms with Crippen molar-refractivity contribution in [2.24, 2.45) is 5.92 Å². The van der Waals surface area contributed by atoms with Crippen LogP contribution in [0.25, 0.3) is 0 Å². The van der Waals surface area contributed by atoms with Crippen LogP contribution < -0.4 is 4.74 Å². The van der Waals surface area contributed by atoms with E-state index in [1.165, 1.54) is 31.2 Å². The van der Waals surface area contributed by atoms with Crippen molar-refractivity contribution in [2.75, 3.05) is 7.11 Å². The van der Waals surface area contributed by atoms with Crippen LogP contribution in [0.3, 0.4) is 0 Å². The molecule has 0 aliphatic rings. The summed E-state index contributed by atoms with van der Waals surface area (Å²) in [7, 11) is 1.72. The predicted octanol–water partition coefficient (Wildman–Crippen LogP) is 4.70. The van der Waals surface area contributed by atoms with E-state index in [-0.39, 0.29) is 7.43 Å². The Kier molecular flexibility index (Phi) is 7.70. The third kappa shape index (κ3) is 4.69. The molecular formula is C15H26O. The van der Waals surface area contributed by atoms with Crippen LogP contribution in [0.15, 0.2) is 24.3 Å². The Labute approximate surface area is 101 Å². The zero-order chi connectivity index (χ0) is 11.1. The molecule has 0 N–H and O–H groups in total. The van der Waals surface area contributed by atoms with E-state index in [1.54, 1.807) is 7.11 Å². The first-order chi connectivity index (χ1) is 7.30. The second-order valence-corrected chi connectivity index (χ2v) is 4.07.